The van der Waals surface area contributed by atoms with Crippen LogP contribution in [-0.2, 0) is 0 Å². The molecule has 0 spiro atoms. The zero-order chi connectivity index (χ0) is 15.3. The standard InChI is InChI=1S/C14H20F4N2/c1-4-19-10(2)11-6-5-7-12(15)13(11)20(3)9-8-14(16,17)18/h5-7,10,19H,4,8-9H2,1-3H3. The molecule has 0 heterocycles. The van der Waals surface area contributed by atoms with Crippen molar-refractivity contribution in [2.24, 2.45) is 0 Å². The van der Waals surface area contributed by atoms with Crippen LogP contribution >= 0.6 is 0 Å². The summed E-state index contributed by atoms with van der Waals surface area (Å²) in [5.74, 6) is -0.503. The summed E-state index contributed by atoms with van der Waals surface area (Å²) in [6.45, 7) is 4.21. The maximum Gasteiger partial charge on any atom is 0.390 e. The lowest BCUT2D eigenvalue weighted by molar-refractivity contribution is -0.132. The third-order valence-corrected chi connectivity index (χ3v) is 3.11. The van der Waals surface area contributed by atoms with E-state index in [1.165, 1.54) is 18.0 Å². The molecule has 0 bridgehead atoms. The maximum atomic E-state index is 14.0. The molecule has 0 aliphatic heterocycles. The van der Waals surface area contributed by atoms with Crippen molar-refractivity contribution < 1.29 is 17.6 Å². The number of para-hydroxylation sites is 1. The van der Waals surface area contributed by atoms with Crippen molar-refractivity contribution >= 4 is 5.69 Å². The molecule has 1 aromatic carbocycles. The second-order valence-electron chi connectivity index (χ2n) is 4.74. The van der Waals surface area contributed by atoms with Gasteiger partial charge in [-0.1, -0.05) is 19.1 Å². The van der Waals surface area contributed by atoms with E-state index in [-0.39, 0.29) is 18.3 Å². The fraction of sp³-hybridized carbons (Fsp3) is 0.571. The zero-order valence-corrected chi connectivity index (χ0v) is 11.9. The number of hydrogen-bond acceptors (Lipinski definition) is 2. The second-order valence-corrected chi connectivity index (χ2v) is 4.74. The van der Waals surface area contributed by atoms with E-state index < -0.39 is 18.4 Å². The van der Waals surface area contributed by atoms with Gasteiger partial charge < -0.3 is 10.2 Å². The summed E-state index contributed by atoms with van der Waals surface area (Å²) in [4.78, 5) is 1.33. The van der Waals surface area contributed by atoms with Gasteiger partial charge in [-0.3, -0.25) is 0 Å². The Morgan fingerprint density at radius 3 is 2.50 bits per heavy atom. The summed E-state index contributed by atoms with van der Waals surface area (Å²) >= 11 is 0. The van der Waals surface area contributed by atoms with Crippen LogP contribution in [0.15, 0.2) is 18.2 Å². The van der Waals surface area contributed by atoms with E-state index in [1.54, 1.807) is 12.1 Å². The number of nitrogens with one attached hydrogen (secondary N) is 1. The van der Waals surface area contributed by atoms with Crippen molar-refractivity contribution in [3.63, 3.8) is 0 Å². The molecule has 0 radical (unpaired) electrons. The molecule has 6 heteroatoms. The Labute approximate surface area is 116 Å². The van der Waals surface area contributed by atoms with Crippen LogP contribution in [0.5, 0.6) is 0 Å². The lowest BCUT2D eigenvalue weighted by atomic mass is 10.0. The highest BCUT2D eigenvalue weighted by Gasteiger charge is 2.28. The van der Waals surface area contributed by atoms with Crippen molar-refractivity contribution in [1.29, 1.82) is 0 Å². The first kappa shape index (κ1) is 16.8. The topological polar surface area (TPSA) is 15.3 Å². The number of hydrogen-bond donors (Lipinski definition) is 1. The van der Waals surface area contributed by atoms with E-state index in [1.807, 2.05) is 13.8 Å². The minimum Gasteiger partial charge on any atom is -0.372 e. The van der Waals surface area contributed by atoms with Crippen molar-refractivity contribution in [3.8, 4) is 0 Å². The van der Waals surface area contributed by atoms with E-state index in [2.05, 4.69) is 5.32 Å². The third kappa shape index (κ3) is 4.67. The van der Waals surface area contributed by atoms with E-state index in [4.69, 9.17) is 0 Å². The first-order valence-corrected chi connectivity index (χ1v) is 6.56. The Bertz CT molecular complexity index is 432. The number of rotatable bonds is 6. The number of nitrogens with zero attached hydrogens (tertiary/aromatic N) is 1. The smallest absolute Gasteiger partial charge is 0.372 e. The lowest BCUT2D eigenvalue weighted by Gasteiger charge is -2.26. The molecule has 20 heavy (non-hydrogen) atoms. The molecule has 114 valence electrons. The fourth-order valence-electron chi connectivity index (χ4n) is 2.11. The highest BCUT2D eigenvalue weighted by Crippen LogP contribution is 2.30. The van der Waals surface area contributed by atoms with Crippen LogP contribution in [0.1, 0.15) is 31.9 Å². The van der Waals surface area contributed by atoms with Gasteiger partial charge in [-0.15, -0.1) is 0 Å². The summed E-state index contributed by atoms with van der Waals surface area (Å²) in [6, 6.07) is 4.44. The first-order valence-electron chi connectivity index (χ1n) is 6.56. The molecule has 0 saturated heterocycles. The van der Waals surface area contributed by atoms with Gasteiger partial charge in [0.1, 0.15) is 5.82 Å². The molecule has 2 nitrogen and oxygen atoms in total. The maximum absolute atomic E-state index is 14.0. The average molecular weight is 292 g/mol. The zero-order valence-electron chi connectivity index (χ0n) is 11.9. The average Bonchev–Trinajstić information content (AvgIpc) is 2.35. The van der Waals surface area contributed by atoms with Gasteiger partial charge in [0.15, 0.2) is 0 Å². The highest BCUT2D eigenvalue weighted by molar-refractivity contribution is 5.55. The summed E-state index contributed by atoms with van der Waals surface area (Å²) < 4.78 is 50.8. The molecule has 0 amide bonds. The van der Waals surface area contributed by atoms with Gasteiger partial charge in [0, 0.05) is 19.6 Å². The Morgan fingerprint density at radius 1 is 1.30 bits per heavy atom. The Kier molecular flexibility index (Phi) is 5.80. The molecule has 1 N–H and O–H groups in total. The molecule has 0 aliphatic rings. The van der Waals surface area contributed by atoms with Gasteiger partial charge in [0.05, 0.1) is 12.1 Å². The van der Waals surface area contributed by atoms with Crippen LogP contribution in [0.3, 0.4) is 0 Å². The number of alkyl halides is 3. The van der Waals surface area contributed by atoms with Crippen molar-refractivity contribution in [2.75, 3.05) is 25.0 Å². The van der Waals surface area contributed by atoms with Crippen LogP contribution in [0.2, 0.25) is 0 Å². The molecular formula is C14H20F4N2. The van der Waals surface area contributed by atoms with Gasteiger partial charge in [-0.25, -0.2) is 4.39 Å². The van der Waals surface area contributed by atoms with Crippen LogP contribution in [0.4, 0.5) is 23.2 Å². The van der Waals surface area contributed by atoms with E-state index in [9.17, 15) is 17.6 Å². The lowest BCUT2D eigenvalue weighted by Crippen LogP contribution is -2.28. The van der Waals surface area contributed by atoms with Crippen molar-refractivity contribution in [1.82, 2.24) is 5.32 Å². The minimum absolute atomic E-state index is 0.126. The number of anilines is 1. The predicted octanol–water partition coefficient (Wildman–Crippen LogP) is 3.88. The minimum atomic E-state index is -4.24. The first-order chi connectivity index (χ1) is 9.26. The van der Waals surface area contributed by atoms with Gasteiger partial charge in [-0.05, 0) is 25.1 Å². The van der Waals surface area contributed by atoms with Crippen LogP contribution in [-0.4, -0.2) is 26.3 Å². The van der Waals surface area contributed by atoms with Gasteiger partial charge in [0.25, 0.3) is 0 Å². The normalized spacial score (nSPS) is 13.3. The summed E-state index contributed by atoms with van der Waals surface area (Å²) in [5, 5.41) is 3.14. The molecule has 1 aromatic rings. The Morgan fingerprint density at radius 2 is 1.95 bits per heavy atom. The van der Waals surface area contributed by atoms with Crippen molar-refractivity contribution in [3.05, 3.63) is 29.6 Å². The van der Waals surface area contributed by atoms with Crippen LogP contribution < -0.4 is 10.2 Å². The molecule has 1 unspecified atom stereocenters. The monoisotopic (exact) mass is 292 g/mol. The Hall–Kier alpha value is -1.30. The SMILES string of the molecule is CCNC(C)c1cccc(F)c1N(C)CCC(F)(F)F. The Balaban J connectivity index is 2.97. The highest BCUT2D eigenvalue weighted by atomic mass is 19.4. The van der Waals surface area contributed by atoms with Crippen molar-refractivity contribution in [2.45, 2.75) is 32.5 Å². The molecule has 0 fully saturated rings. The van der Waals surface area contributed by atoms with Gasteiger partial charge in [0.2, 0.25) is 0 Å². The summed E-state index contributed by atoms with van der Waals surface area (Å²) in [5.41, 5.74) is 0.890. The second kappa shape index (κ2) is 6.92. The molecular weight excluding hydrogens is 272 g/mol. The van der Waals surface area contributed by atoms with Gasteiger partial charge in [-0.2, -0.15) is 13.2 Å². The summed E-state index contributed by atoms with van der Waals surface area (Å²) in [6.07, 6.45) is -5.21. The van der Waals surface area contributed by atoms with Crippen LogP contribution in [0.25, 0.3) is 0 Å². The van der Waals surface area contributed by atoms with Gasteiger partial charge >= 0.3 is 6.18 Å². The predicted molar refractivity (Wildman–Crippen MR) is 72.4 cm³/mol. The largest absolute Gasteiger partial charge is 0.390 e. The molecule has 0 aromatic heterocycles. The van der Waals surface area contributed by atoms with E-state index in [0.29, 0.717) is 12.1 Å². The number of benzene rings is 1. The van der Waals surface area contributed by atoms with E-state index in [0.717, 1.165) is 0 Å². The molecule has 0 aliphatic carbocycles. The third-order valence-electron chi connectivity index (χ3n) is 3.11. The molecule has 1 atom stereocenters. The summed E-state index contributed by atoms with van der Waals surface area (Å²) in [7, 11) is 1.48. The quantitative estimate of drug-likeness (QED) is 0.800. The van der Waals surface area contributed by atoms with Crippen LogP contribution in [0, 0.1) is 5.82 Å². The van der Waals surface area contributed by atoms with E-state index >= 15 is 0 Å². The fourth-order valence-corrected chi connectivity index (χ4v) is 2.11. The molecule has 1 rings (SSSR count). The number of halogens is 4. The molecule has 0 saturated carbocycles.